The van der Waals surface area contributed by atoms with E-state index < -0.39 is 15.9 Å². The minimum Gasteiger partial charge on any atom is -0.343 e. The van der Waals surface area contributed by atoms with Crippen LogP contribution in [-0.4, -0.2) is 45.2 Å². The summed E-state index contributed by atoms with van der Waals surface area (Å²) in [5.74, 6) is -0.907. The van der Waals surface area contributed by atoms with Crippen LogP contribution in [0.15, 0.2) is 59.5 Å². The van der Waals surface area contributed by atoms with Crippen LogP contribution in [0.1, 0.15) is 10.4 Å². The zero-order valence-electron chi connectivity index (χ0n) is 13.9. The van der Waals surface area contributed by atoms with E-state index in [-0.39, 0.29) is 22.9 Å². The minimum atomic E-state index is -3.63. The average Bonchev–Trinajstić information content (AvgIpc) is 2.60. The summed E-state index contributed by atoms with van der Waals surface area (Å²) in [5.41, 5.74) is 0.788. The monoisotopic (exact) mass is 361 g/mol. The van der Waals surface area contributed by atoms with Crippen molar-refractivity contribution in [3.05, 3.63) is 60.2 Å². The van der Waals surface area contributed by atoms with E-state index in [0.29, 0.717) is 5.69 Å². The molecule has 2 rings (SSSR count). The molecule has 2 N–H and O–H groups in total. The molecule has 0 aliphatic heterocycles. The van der Waals surface area contributed by atoms with Gasteiger partial charge in [0.25, 0.3) is 5.91 Å². The molecule has 2 amide bonds. The van der Waals surface area contributed by atoms with E-state index in [4.69, 9.17) is 0 Å². The molecule has 0 bridgehead atoms. The predicted molar refractivity (Wildman–Crippen MR) is 94.7 cm³/mol. The maximum atomic E-state index is 12.2. The maximum Gasteiger partial charge on any atom is 0.251 e. The first-order valence-electron chi connectivity index (χ1n) is 7.46. The number of rotatable bonds is 6. The summed E-state index contributed by atoms with van der Waals surface area (Å²) >= 11 is 0. The Labute approximate surface area is 146 Å². The lowest BCUT2D eigenvalue weighted by molar-refractivity contribution is -0.115. The van der Waals surface area contributed by atoms with Crippen molar-refractivity contribution in [3.8, 4) is 0 Å². The molecule has 0 heterocycles. The third-order valence-corrected chi connectivity index (χ3v) is 5.15. The Bertz CT molecular complexity index is 864. The van der Waals surface area contributed by atoms with Gasteiger partial charge < -0.3 is 10.6 Å². The molecule has 132 valence electrons. The van der Waals surface area contributed by atoms with Crippen LogP contribution in [0.5, 0.6) is 0 Å². The molecule has 0 aliphatic rings. The number of amides is 2. The molecule has 0 fully saturated rings. The van der Waals surface area contributed by atoms with Gasteiger partial charge in [0.1, 0.15) is 0 Å². The van der Waals surface area contributed by atoms with Gasteiger partial charge in [-0.15, -0.1) is 0 Å². The van der Waals surface area contributed by atoms with Crippen molar-refractivity contribution < 1.29 is 18.0 Å². The highest BCUT2D eigenvalue weighted by atomic mass is 32.2. The van der Waals surface area contributed by atoms with Crippen molar-refractivity contribution in [1.82, 2.24) is 9.62 Å². The molecule has 8 heteroatoms. The molecule has 2 aromatic rings. The fraction of sp³-hybridized carbons (Fsp3) is 0.176. The third-order valence-electron chi connectivity index (χ3n) is 3.34. The van der Waals surface area contributed by atoms with Crippen molar-refractivity contribution in [2.45, 2.75) is 4.90 Å². The van der Waals surface area contributed by atoms with E-state index >= 15 is 0 Å². The molecule has 2 aromatic carbocycles. The molecule has 0 aliphatic carbocycles. The first kappa shape index (κ1) is 18.6. The first-order valence-corrected chi connectivity index (χ1v) is 8.90. The van der Waals surface area contributed by atoms with E-state index in [1.165, 1.54) is 38.4 Å². The highest BCUT2D eigenvalue weighted by Gasteiger charge is 2.18. The van der Waals surface area contributed by atoms with Crippen LogP contribution in [0.2, 0.25) is 0 Å². The molecule has 0 spiro atoms. The summed E-state index contributed by atoms with van der Waals surface area (Å²) in [6, 6.07) is 14.5. The third kappa shape index (κ3) is 4.88. The lowest BCUT2D eigenvalue weighted by Crippen LogP contribution is -2.33. The molecule has 0 saturated carbocycles. The molecule has 0 atom stereocenters. The van der Waals surface area contributed by atoms with Gasteiger partial charge in [0.2, 0.25) is 15.9 Å². The van der Waals surface area contributed by atoms with E-state index in [0.717, 1.165) is 4.31 Å². The van der Waals surface area contributed by atoms with Gasteiger partial charge in [0.05, 0.1) is 11.4 Å². The van der Waals surface area contributed by atoms with Gasteiger partial charge >= 0.3 is 0 Å². The highest BCUT2D eigenvalue weighted by molar-refractivity contribution is 7.89. The normalized spacial score (nSPS) is 11.2. The Balaban J connectivity index is 2.01. The number of benzene rings is 2. The van der Waals surface area contributed by atoms with Crippen molar-refractivity contribution in [3.63, 3.8) is 0 Å². The van der Waals surface area contributed by atoms with Crippen molar-refractivity contribution in [1.29, 1.82) is 0 Å². The number of para-hydroxylation sites is 1. The summed E-state index contributed by atoms with van der Waals surface area (Å²) < 4.78 is 25.3. The second-order valence-corrected chi connectivity index (χ2v) is 7.56. The Morgan fingerprint density at radius 2 is 1.68 bits per heavy atom. The van der Waals surface area contributed by atoms with Gasteiger partial charge in [-0.25, -0.2) is 12.7 Å². The fourth-order valence-electron chi connectivity index (χ4n) is 2.00. The van der Waals surface area contributed by atoms with Crippen molar-refractivity contribution in [2.24, 2.45) is 0 Å². The molecule has 0 aromatic heterocycles. The van der Waals surface area contributed by atoms with Gasteiger partial charge in [0, 0.05) is 25.3 Å². The molecule has 0 unspecified atom stereocenters. The highest BCUT2D eigenvalue weighted by Crippen LogP contribution is 2.14. The van der Waals surface area contributed by atoms with Gasteiger partial charge in [0.15, 0.2) is 0 Å². The molecular weight excluding hydrogens is 342 g/mol. The quantitative estimate of drug-likeness (QED) is 0.811. The summed E-state index contributed by atoms with van der Waals surface area (Å²) in [7, 11) is -0.805. The summed E-state index contributed by atoms with van der Waals surface area (Å²) in [6.07, 6.45) is 0. The largest absolute Gasteiger partial charge is 0.343 e. The van der Waals surface area contributed by atoms with Crippen LogP contribution in [0.25, 0.3) is 0 Å². The molecule has 0 saturated heterocycles. The predicted octanol–water partition coefficient (Wildman–Crippen LogP) is 1.31. The van der Waals surface area contributed by atoms with Gasteiger partial charge in [-0.3, -0.25) is 9.59 Å². The Morgan fingerprint density at radius 3 is 2.32 bits per heavy atom. The maximum absolute atomic E-state index is 12.2. The Morgan fingerprint density at radius 1 is 1.00 bits per heavy atom. The topological polar surface area (TPSA) is 95.6 Å². The number of hydrogen-bond acceptors (Lipinski definition) is 4. The zero-order chi connectivity index (χ0) is 18.4. The number of carbonyl (C=O) groups excluding carboxylic acids is 2. The van der Waals surface area contributed by atoms with Crippen LogP contribution in [-0.2, 0) is 14.8 Å². The van der Waals surface area contributed by atoms with Crippen molar-refractivity contribution in [2.75, 3.05) is 26.0 Å². The number of nitrogens with one attached hydrogen (secondary N) is 2. The molecular formula is C17H19N3O4S. The van der Waals surface area contributed by atoms with Crippen LogP contribution < -0.4 is 10.6 Å². The number of anilines is 1. The average molecular weight is 361 g/mol. The van der Waals surface area contributed by atoms with Crippen molar-refractivity contribution >= 4 is 27.5 Å². The molecule has 7 nitrogen and oxygen atoms in total. The van der Waals surface area contributed by atoms with Gasteiger partial charge in [-0.2, -0.15) is 0 Å². The van der Waals surface area contributed by atoms with E-state index in [1.807, 2.05) is 6.07 Å². The fourth-order valence-corrected chi connectivity index (χ4v) is 2.95. The lowest BCUT2D eigenvalue weighted by Gasteiger charge is -2.12. The van der Waals surface area contributed by atoms with E-state index in [2.05, 4.69) is 10.6 Å². The van der Waals surface area contributed by atoms with Crippen LogP contribution >= 0.6 is 0 Å². The number of nitrogens with zero attached hydrogens (tertiary/aromatic N) is 1. The van der Waals surface area contributed by atoms with E-state index in [1.54, 1.807) is 24.3 Å². The number of hydrogen-bond donors (Lipinski definition) is 2. The summed E-state index contributed by atoms with van der Waals surface area (Å²) in [6.45, 7) is -0.224. The van der Waals surface area contributed by atoms with E-state index in [9.17, 15) is 18.0 Å². The standard InChI is InChI=1S/C17H19N3O4S/c1-20(2)25(23,24)15-10-6-7-13(11-15)17(22)18-12-16(21)19-14-8-4-3-5-9-14/h3-11H,12H2,1-2H3,(H,18,22)(H,19,21). The van der Waals surface area contributed by atoms with Gasteiger partial charge in [-0.05, 0) is 30.3 Å². The van der Waals surface area contributed by atoms with Crippen LogP contribution in [0, 0.1) is 0 Å². The summed E-state index contributed by atoms with van der Waals surface area (Å²) in [5, 5.41) is 5.11. The second-order valence-electron chi connectivity index (χ2n) is 5.41. The number of sulfonamides is 1. The second kappa shape index (κ2) is 7.91. The van der Waals surface area contributed by atoms with Gasteiger partial charge in [-0.1, -0.05) is 24.3 Å². The summed E-state index contributed by atoms with van der Waals surface area (Å²) in [4.78, 5) is 24.0. The Hall–Kier alpha value is -2.71. The Kier molecular flexibility index (Phi) is 5.89. The zero-order valence-corrected chi connectivity index (χ0v) is 14.7. The molecule has 0 radical (unpaired) electrons. The van der Waals surface area contributed by atoms with Crippen LogP contribution in [0.3, 0.4) is 0 Å². The number of carbonyl (C=O) groups is 2. The SMILES string of the molecule is CN(C)S(=O)(=O)c1cccc(C(=O)NCC(=O)Nc2ccccc2)c1. The molecule has 25 heavy (non-hydrogen) atoms. The smallest absolute Gasteiger partial charge is 0.251 e. The minimum absolute atomic E-state index is 0.0129. The van der Waals surface area contributed by atoms with Crippen LogP contribution in [0.4, 0.5) is 5.69 Å². The first-order chi connectivity index (χ1) is 11.8. The lowest BCUT2D eigenvalue weighted by atomic mass is 10.2.